The Morgan fingerprint density at radius 1 is 0.857 bits per heavy atom. The maximum absolute atomic E-state index is 12.7. The van der Waals surface area contributed by atoms with Gasteiger partial charge in [0.1, 0.15) is 5.52 Å². The van der Waals surface area contributed by atoms with Crippen molar-refractivity contribution in [3.05, 3.63) is 90.8 Å². The van der Waals surface area contributed by atoms with Gasteiger partial charge in [-0.1, -0.05) is 30.3 Å². The molecule has 0 saturated heterocycles. The summed E-state index contributed by atoms with van der Waals surface area (Å²) in [4.78, 5) is 21.2. The predicted octanol–water partition coefficient (Wildman–Crippen LogP) is 5.30. The maximum Gasteiger partial charge on any atom is 0.255 e. The minimum atomic E-state index is -0.164. The number of rotatable bonds is 3. The molecule has 5 nitrogen and oxygen atoms in total. The summed E-state index contributed by atoms with van der Waals surface area (Å²) < 4.78 is 5.80. The Kier molecular flexibility index (Phi) is 3.84. The van der Waals surface area contributed by atoms with Crippen LogP contribution in [0.2, 0.25) is 0 Å². The Morgan fingerprint density at radius 2 is 1.68 bits per heavy atom. The molecule has 28 heavy (non-hydrogen) atoms. The van der Waals surface area contributed by atoms with Gasteiger partial charge in [-0.3, -0.25) is 9.78 Å². The van der Waals surface area contributed by atoms with Crippen LogP contribution in [0.1, 0.15) is 10.4 Å². The third-order valence-electron chi connectivity index (χ3n) is 4.58. The number of hydrogen-bond acceptors (Lipinski definition) is 4. The van der Waals surface area contributed by atoms with E-state index in [2.05, 4.69) is 15.3 Å². The second-order valence-electron chi connectivity index (χ2n) is 6.45. The third-order valence-corrected chi connectivity index (χ3v) is 4.58. The first kappa shape index (κ1) is 16.2. The van der Waals surface area contributed by atoms with Crippen LogP contribution in [0.15, 0.2) is 89.6 Å². The number of nitrogens with zero attached hydrogens (tertiary/aromatic N) is 2. The third kappa shape index (κ3) is 2.99. The zero-order valence-corrected chi connectivity index (χ0v) is 14.8. The van der Waals surface area contributed by atoms with Crippen LogP contribution in [0.4, 0.5) is 5.69 Å². The molecule has 0 aliphatic rings. The molecule has 0 unspecified atom stereocenters. The Hall–Kier alpha value is -3.99. The quantitative estimate of drug-likeness (QED) is 0.471. The van der Waals surface area contributed by atoms with E-state index in [1.807, 2.05) is 72.8 Å². The lowest BCUT2D eigenvalue weighted by atomic mass is 10.1. The van der Waals surface area contributed by atoms with Crippen molar-refractivity contribution in [1.29, 1.82) is 0 Å². The van der Waals surface area contributed by atoms with Gasteiger partial charge in [0.2, 0.25) is 5.89 Å². The van der Waals surface area contributed by atoms with Gasteiger partial charge < -0.3 is 9.73 Å². The lowest BCUT2D eigenvalue weighted by Gasteiger charge is -2.06. The van der Waals surface area contributed by atoms with E-state index in [1.165, 1.54) is 0 Å². The molecule has 5 aromatic rings. The summed E-state index contributed by atoms with van der Waals surface area (Å²) in [7, 11) is 0. The van der Waals surface area contributed by atoms with Crippen LogP contribution >= 0.6 is 0 Å². The van der Waals surface area contributed by atoms with Crippen LogP contribution in [0.25, 0.3) is 33.3 Å². The zero-order chi connectivity index (χ0) is 18.9. The average Bonchev–Trinajstić information content (AvgIpc) is 3.17. The van der Waals surface area contributed by atoms with Crippen LogP contribution in [0, 0.1) is 0 Å². The summed E-state index contributed by atoms with van der Waals surface area (Å²) in [5, 5.41) is 5.07. The van der Waals surface area contributed by atoms with E-state index in [0.29, 0.717) is 28.2 Å². The lowest BCUT2D eigenvalue weighted by Crippen LogP contribution is -2.11. The Labute approximate surface area is 160 Å². The number of carbonyl (C=O) groups excluding carboxylic acids is 1. The highest BCUT2D eigenvalue weighted by Gasteiger charge is 2.11. The molecule has 0 aliphatic heterocycles. The van der Waals surface area contributed by atoms with Gasteiger partial charge in [0.15, 0.2) is 5.58 Å². The number of benzene rings is 3. The fraction of sp³-hybridized carbons (Fsp3) is 0. The number of pyridine rings is 1. The van der Waals surface area contributed by atoms with E-state index in [0.717, 1.165) is 16.3 Å². The molecule has 0 radical (unpaired) electrons. The lowest BCUT2D eigenvalue weighted by molar-refractivity contribution is 0.102. The first-order chi connectivity index (χ1) is 13.8. The van der Waals surface area contributed by atoms with Gasteiger partial charge in [-0.15, -0.1) is 0 Å². The summed E-state index contributed by atoms with van der Waals surface area (Å²) in [5.74, 6) is 0.360. The summed E-state index contributed by atoms with van der Waals surface area (Å²) in [6, 6.07) is 22.7. The van der Waals surface area contributed by atoms with E-state index in [-0.39, 0.29) is 5.91 Å². The molecule has 0 spiro atoms. The number of fused-ring (bicyclic) bond motifs is 2. The van der Waals surface area contributed by atoms with Crippen molar-refractivity contribution in [2.75, 3.05) is 5.32 Å². The highest BCUT2D eigenvalue weighted by atomic mass is 16.3. The van der Waals surface area contributed by atoms with Gasteiger partial charge in [-0.05, 0) is 53.2 Å². The van der Waals surface area contributed by atoms with Crippen LogP contribution in [-0.2, 0) is 0 Å². The zero-order valence-electron chi connectivity index (χ0n) is 14.8. The topological polar surface area (TPSA) is 68.0 Å². The number of aromatic nitrogens is 2. The van der Waals surface area contributed by atoms with Crippen molar-refractivity contribution in [3.63, 3.8) is 0 Å². The molecule has 2 aromatic heterocycles. The Bertz CT molecular complexity index is 1310. The molecule has 1 N–H and O–H groups in total. The summed E-state index contributed by atoms with van der Waals surface area (Å²) in [6.07, 6.45) is 3.39. The van der Waals surface area contributed by atoms with Gasteiger partial charge in [0, 0.05) is 29.2 Å². The van der Waals surface area contributed by atoms with Gasteiger partial charge >= 0.3 is 0 Å². The SMILES string of the molecule is O=C(Nc1ccc2oc(-c3ccncc3)nc2c1)c1ccc2ccccc2c1. The summed E-state index contributed by atoms with van der Waals surface area (Å²) in [5.41, 5.74) is 3.48. The van der Waals surface area contributed by atoms with Crippen molar-refractivity contribution >= 4 is 33.5 Å². The molecule has 134 valence electrons. The van der Waals surface area contributed by atoms with Crippen molar-refractivity contribution in [1.82, 2.24) is 9.97 Å². The highest BCUT2D eigenvalue weighted by Crippen LogP contribution is 2.26. The van der Waals surface area contributed by atoms with Gasteiger partial charge in [-0.25, -0.2) is 4.98 Å². The standard InChI is InChI=1S/C23H15N3O2/c27-22(18-6-5-15-3-1-2-4-17(15)13-18)25-19-7-8-21-20(14-19)26-23(28-21)16-9-11-24-12-10-16/h1-14H,(H,25,27). The van der Waals surface area contributed by atoms with Gasteiger partial charge in [-0.2, -0.15) is 0 Å². The highest BCUT2D eigenvalue weighted by molar-refractivity contribution is 6.07. The fourth-order valence-electron chi connectivity index (χ4n) is 3.16. The molecular formula is C23H15N3O2. The number of anilines is 1. The van der Waals surface area contributed by atoms with Crippen LogP contribution < -0.4 is 5.32 Å². The van der Waals surface area contributed by atoms with Crippen molar-refractivity contribution in [2.45, 2.75) is 0 Å². The van der Waals surface area contributed by atoms with E-state index >= 15 is 0 Å². The number of oxazole rings is 1. The van der Waals surface area contributed by atoms with Crippen molar-refractivity contribution in [3.8, 4) is 11.5 Å². The summed E-state index contributed by atoms with van der Waals surface area (Å²) >= 11 is 0. The number of carbonyl (C=O) groups is 1. The second kappa shape index (κ2) is 6.63. The van der Waals surface area contributed by atoms with Crippen LogP contribution in [-0.4, -0.2) is 15.9 Å². The van der Waals surface area contributed by atoms with E-state index in [9.17, 15) is 4.79 Å². The van der Waals surface area contributed by atoms with Crippen molar-refractivity contribution < 1.29 is 9.21 Å². The first-order valence-corrected chi connectivity index (χ1v) is 8.87. The Morgan fingerprint density at radius 3 is 2.54 bits per heavy atom. The smallest absolute Gasteiger partial charge is 0.255 e. The molecule has 2 heterocycles. The molecule has 0 bridgehead atoms. The predicted molar refractivity (Wildman–Crippen MR) is 109 cm³/mol. The van der Waals surface area contributed by atoms with Crippen LogP contribution in [0.5, 0.6) is 0 Å². The largest absolute Gasteiger partial charge is 0.436 e. The van der Waals surface area contributed by atoms with E-state index in [4.69, 9.17) is 4.42 Å². The van der Waals surface area contributed by atoms with E-state index in [1.54, 1.807) is 12.4 Å². The van der Waals surface area contributed by atoms with Gasteiger partial charge in [0.25, 0.3) is 5.91 Å². The average molecular weight is 365 g/mol. The normalized spacial score (nSPS) is 11.0. The van der Waals surface area contributed by atoms with Crippen LogP contribution in [0.3, 0.4) is 0 Å². The minimum absolute atomic E-state index is 0.164. The summed E-state index contributed by atoms with van der Waals surface area (Å²) in [6.45, 7) is 0. The molecule has 3 aromatic carbocycles. The number of nitrogens with one attached hydrogen (secondary N) is 1. The second-order valence-corrected chi connectivity index (χ2v) is 6.45. The number of amides is 1. The molecule has 0 atom stereocenters. The molecule has 0 fully saturated rings. The first-order valence-electron chi connectivity index (χ1n) is 8.87. The fourth-order valence-corrected chi connectivity index (χ4v) is 3.16. The molecule has 0 saturated carbocycles. The Balaban J connectivity index is 1.43. The molecule has 0 aliphatic carbocycles. The van der Waals surface area contributed by atoms with Gasteiger partial charge in [0.05, 0.1) is 0 Å². The molecule has 5 heteroatoms. The van der Waals surface area contributed by atoms with Crippen molar-refractivity contribution in [2.24, 2.45) is 0 Å². The molecular weight excluding hydrogens is 350 g/mol. The maximum atomic E-state index is 12.7. The monoisotopic (exact) mass is 365 g/mol. The minimum Gasteiger partial charge on any atom is -0.436 e. The number of hydrogen-bond donors (Lipinski definition) is 1. The molecule has 5 rings (SSSR count). The molecule has 1 amide bonds. The van der Waals surface area contributed by atoms with E-state index < -0.39 is 0 Å².